The van der Waals surface area contributed by atoms with E-state index in [1.54, 1.807) is 35.0 Å². The number of aryl methyl sites for hydroxylation is 1. The Balaban J connectivity index is 1.68. The topological polar surface area (TPSA) is 121 Å². The van der Waals surface area contributed by atoms with Gasteiger partial charge >= 0.3 is 0 Å². The highest BCUT2D eigenvalue weighted by atomic mass is 16.2. The number of aromatic nitrogens is 3. The zero-order chi connectivity index (χ0) is 28.1. The zero-order valence-electron chi connectivity index (χ0n) is 23.4. The van der Waals surface area contributed by atoms with Crippen molar-refractivity contribution in [3.05, 3.63) is 47.0 Å². The normalized spacial score (nSPS) is 19.5. The minimum atomic E-state index is -0.303. The maximum atomic E-state index is 13.9. The molecule has 2 aromatic heterocycles. The fourth-order valence-corrected chi connectivity index (χ4v) is 5.32. The summed E-state index contributed by atoms with van der Waals surface area (Å²) in [4.78, 5) is 62.1. The number of hydrogen-bond acceptors (Lipinski definition) is 6. The maximum absolute atomic E-state index is 13.9. The number of nitrogens with zero attached hydrogens (tertiary/aromatic N) is 6. The molecule has 0 radical (unpaired) electrons. The minimum Gasteiger partial charge on any atom is -0.354 e. The quantitative estimate of drug-likeness (QED) is 0.627. The van der Waals surface area contributed by atoms with Gasteiger partial charge in [-0.05, 0) is 50.2 Å². The van der Waals surface area contributed by atoms with E-state index < -0.39 is 0 Å². The van der Waals surface area contributed by atoms with E-state index in [4.69, 9.17) is 0 Å². The Labute approximate surface area is 229 Å². The van der Waals surface area contributed by atoms with Crippen LogP contribution in [0.15, 0.2) is 24.5 Å². The molecule has 0 fully saturated rings. The third-order valence-electron chi connectivity index (χ3n) is 7.52. The summed E-state index contributed by atoms with van der Waals surface area (Å²) < 4.78 is 1.75. The third-order valence-corrected chi connectivity index (χ3v) is 7.52. The number of amides is 4. The molecule has 1 N–H and O–H groups in total. The van der Waals surface area contributed by atoms with Gasteiger partial charge in [0, 0.05) is 63.4 Å². The standard InChI is InChI=1S/C28H39N7O4/c1-19(2)10-14-35-21-8-9-23-22(15-21)26(31-33(23)4)28(39)32(3)17-24(36)30-12-6-13-34(18-25(35)37)27(38)20-7-5-11-29-16-20/h5,7,11,16,19,21H,6,8-10,12-15,17-18H2,1-4H3,(H,30,36). The molecule has 4 rings (SSSR count). The Morgan fingerprint density at radius 3 is 2.69 bits per heavy atom. The van der Waals surface area contributed by atoms with Crippen molar-refractivity contribution >= 4 is 23.6 Å². The molecule has 1 aliphatic carbocycles. The summed E-state index contributed by atoms with van der Waals surface area (Å²) in [5, 5.41) is 7.35. The smallest absolute Gasteiger partial charge is 0.274 e. The Hall–Kier alpha value is -3.76. The molecular weight excluding hydrogens is 498 g/mol. The average molecular weight is 538 g/mol. The van der Waals surface area contributed by atoms with Crippen LogP contribution in [0.5, 0.6) is 0 Å². The summed E-state index contributed by atoms with van der Waals surface area (Å²) in [6.07, 6.45) is 6.34. The van der Waals surface area contributed by atoms with Gasteiger partial charge in [-0.3, -0.25) is 28.8 Å². The highest BCUT2D eigenvalue weighted by molar-refractivity contribution is 5.97. The van der Waals surface area contributed by atoms with E-state index in [9.17, 15) is 19.2 Å². The molecule has 210 valence electrons. The number of pyridine rings is 1. The molecule has 0 aromatic carbocycles. The van der Waals surface area contributed by atoms with Crippen LogP contribution in [0.1, 0.15) is 65.2 Å². The molecule has 1 aliphatic heterocycles. The number of fused-ring (bicyclic) bond motifs is 1. The fourth-order valence-electron chi connectivity index (χ4n) is 5.32. The number of carbonyl (C=O) groups excluding carboxylic acids is 4. The molecule has 1 unspecified atom stereocenters. The van der Waals surface area contributed by atoms with Gasteiger partial charge in [-0.1, -0.05) is 13.8 Å². The van der Waals surface area contributed by atoms with Crippen molar-refractivity contribution in [1.82, 2.24) is 34.8 Å². The summed E-state index contributed by atoms with van der Waals surface area (Å²) in [5.41, 5.74) is 2.58. The predicted molar refractivity (Wildman–Crippen MR) is 145 cm³/mol. The Bertz CT molecular complexity index is 1210. The van der Waals surface area contributed by atoms with Crippen molar-refractivity contribution < 1.29 is 19.2 Å². The number of nitrogens with one attached hydrogen (secondary N) is 1. The van der Waals surface area contributed by atoms with Gasteiger partial charge in [-0.25, -0.2) is 0 Å². The molecular formula is C28H39N7O4. The Morgan fingerprint density at radius 2 is 1.97 bits per heavy atom. The molecule has 39 heavy (non-hydrogen) atoms. The molecule has 2 bridgehead atoms. The van der Waals surface area contributed by atoms with Crippen molar-refractivity contribution in [2.75, 3.05) is 39.8 Å². The van der Waals surface area contributed by atoms with Gasteiger partial charge in [0.1, 0.15) is 6.54 Å². The van der Waals surface area contributed by atoms with E-state index in [1.807, 2.05) is 11.9 Å². The second-order valence-electron chi connectivity index (χ2n) is 10.9. The van der Waals surface area contributed by atoms with Crippen molar-refractivity contribution in [3.63, 3.8) is 0 Å². The van der Waals surface area contributed by atoms with Crippen LogP contribution in [0.4, 0.5) is 0 Å². The van der Waals surface area contributed by atoms with E-state index >= 15 is 0 Å². The van der Waals surface area contributed by atoms with E-state index in [-0.39, 0.29) is 42.8 Å². The molecule has 11 heteroatoms. The Morgan fingerprint density at radius 1 is 1.18 bits per heavy atom. The van der Waals surface area contributed by atoms with Gasteiger partial charge in [0.25, 0.3) is 11.8 Å². The van der Waals surface area contributed by atoms with Crippen LogP contribution in [0.3, 0.4) is 0 Å². The molecule has 0 spiro atoms. The molecule has 0 saturated heterocycles. The van der Waals surface area contributed by atoms with Crippen LogP contribution in [0, 0.1) is 5.92 Å². The van der Waals surface area contributed by atoms with Gasteiger partial charge < -0.3 is 20.0 Å². The summed E-state index contributed by atoms with van der Waals surface area (Å²) in [6.45, 7) is 5.28. The predicted octanol–water partition coefficient (Wildman–Crippen LogP) is 1.28. The van der Waals surface area contributed by atoms with E-state index in [1.165, 1.54) is 11.1 Å². The molecule has 1 atom stereocenters. The van der Waals surface area contributed by atoms with Crippen molar-refractivity contribution in [3.8, 4) is 0 Å². The summed E-state index contributed by atoms with van der Waals surface area (Å²) >= 11 is 0. The summed E-state index contributed by atoms with van der Waals surface area (Å²) in [5.74, 6) is -0.576. The van der Waals surface area contributed by atoms with Crippen molar-refractivity contribution in [2.45, 2.75) is 52.0 Å². The Kier molecular flexibility index (Phi) is 8.98. The zero-order valence-corrected chi connectivity index (χ0v) is 23.4. The number of hydrogen-bond donors (Lipinski definition) is 1. The lowest BCUT2D eigenvalue weighted by Crippen LogP contribution is -2.50. The van der Waals surface area contributed by atoms with Crippen LogP contribution in [-0.2, 0) is 29.5 Å². The van der Waals surface area contributed by atoms with Gasteiger partial charge in [-0.2, -0.15) is 5.10 Å². The van der Waals surface area contributed by atoms with Crippen LogP contribution in [0.2, 0.25) is 0 Å². The number of likely N-dealkylation sites (N-methyl/N-ethyl adjacent to an activating group) is 1. The molecule has 2 aromatic rings. The van der Waals surface area contributed by atoms with Crippen molar-refractivity contribution in [2.24, 2.45) is 13.0 Å². The van der Waals surface area contributed by atoms with Crippen LogP contribution in [-0.4, -0.2) is 98.9 Å². The van der Waals surface area contributed by atoms with Crippen LogP contribution in [0.25, 0.3) is 0 Å². The average Bonchev–Trinajstić information content (AvgIpc) is 3.25. The fraction of sp³-hybridized carbons (Fsp3) is 0.571. The summed E-state index contributed by atoms with van der Waals surface area (Å²) in [7, 11) is 3.42. The molecule has 0 saturated carbocycles. The minimum absolute atomic E-state index is 0.0648. The first-order chi connectivity index (χ1) is 18.7. The number of carbonyl (C=O) groups is 4. The van der Waals surface area contributed by atoms with Crippen LogP contribution < -0.4 is 5.32 Å². The van der Waals surface area contributed by atoms with Gasteiger partial charge in [0.05, 0.1) is 12.1 Å². The highest BCUT2D eigenvalue weighted by Crippen LogP contribution is 2.28. The van der Waals surface area contributed by atoms with Crippen molar-refractivity contribution in [1.29, 1.82) is 0 Å². The molecule has 3 heterocycles. The first-order valence-electron chi connectivity index (χ1n) is 13.7. The van der Waals surface area contributed by atoms with E-state index in [0.717, 1.165) is 24.1 Å². The first kappa shape index (κ1) is 28.3. The second kappa shape index (κ2) is 12.4. The SMILES string of the molecule is CC(C)CCN1C(=O)CN(C(=O)c2cccnc2)CCCNC(=O)CN(C)C(=O)c2nn(C)c3c2CC1CC3. The lowest BCUT2D eigenvalue weighted by molar-refractivity contribution is -0.134. The monoisotopic (exact) mass is 537 g/mol. The number of rotatable bonds is 4. The lowest BCUT2D eigenvalue weighted by atomic mass is 9.89. The first-order valence-corrected chi connectivity index (χ1v) is 13.7. The van der Waals surface area contributed by atoms with Gasteiger partial charge in [-0.15, -0.1) is 0 Å². The molecule has 2 aliphatic rings. The van der Waals surface area contributed by atoms with E-state index in [2.05, 4.69) is 29.2 Å². The molecule has 4 amide bonds. The van der Waals surface area contributed by atoms with E-state index in [0.29, 0.717) is 56.1 Å². The largest absolute Gasteiger partial charge is 0.354 e. The lowest BCUT2D eigenvalue weighted by Gasteiger charge is -2.36. The van der Waals surface area contributed by atoms with Gasteiger partial charge in [0.15, 0.2) is 5.69 Å². The second-order valence-corrected chi connectivity index (χ2v) is 10.9. The summed E-state index contributed by atoms with van der Waals surface area (Å²) in [6, 6.07) is 3.27. The third kappa shape index (κ3) is 6.63. The van der Waals surface area contributed by atoms with Gasteiger partial charge in [0.2, 0.25) is 11.8 Å². The maximum Gasteiger partial charge on any atom is 0.274 e. The van der Waals surface area contributed by atoms with Crippen LogP contribution >= 0.6 is 0 Å². The molecule has 11 nitrogen and oxygen atoms in total. The highest BCUT2D eigenvalue weighted by Gasteiger charge is 2.35.